The first-order valence-electron chi connectivity index (χ1n) is 17.7. The van der Waals surface area contributed by atoms with Gasteiger partial charge in [-0.05, 0) is 76.3 Å². The predicted octanol–water partition coefficient (Wildman–Crippen LogP) is 6.04. The van der Waals surface area contributed by atoms with Gasteiger partial charge >= 0.3 is 23.9 Å². The molecule has 2 heterocycles. The van der Waals surface area contributed by atoms with Gasteiger partial charge in [0.15, 0.2) is 24.8 Å². The largest absolute Gasteiger partial charge is 0.479 e. The standard InChI is InChI=1S/C28H46O12.C6H8.C2H6.CH5N/c1-16(2)24(26(30)31)39-22-10-6-8-19(37-22)14-35-21(29)13-12-18(5)28(34)36-15-20-9-7-11-23(38-20)40-25(17(3)4)27(32)33;1-3-5-6-4-2;2*1-2/h16-20,22-25H,6-15H2,1-5H3,(H,30,31)(H,32,33);3,6H,1-2,5H2;1-2H3;2H2,1H3. The van der Waals surface area contributed by atoms with Gasteiger partial charge in [-0.3, -0.25) is 9.59 Å². The van der Waals surface area contributed by atoms with Crippen molar-refractivity contribution >= 4 is 23.9 Å². The number of carboxylic acids is 2. The number of aliphatic carboxylic acids is 2. The number of hydrogen-bond acceptors (Lipinski definition) is 11. The van der Waals surface area contributed by atoms with Gasteiger partial charge in [0.2, 0.25) is 0 Å². The van der Waals surface area contributed by atoms with Gasteiger partial charge in [0, 0.05) is 6.42 Å². The van der Waals surface area contributed by atoms with Crippen molar-refractivity contribution in [3.63, 3.8) is 0 Å². The van der Waals surface area contributed by atoms with Crippen LogP contribution >= 0.6 is 0 Å². The molecular formula is C37H65NO12. The lowest BCUT2D eigenvalue weighted by Gasteiger charge is -2.32. The van der Waals surface area contributed by atoms with Gasteiger partial charge < -0.3 is 44.4 Å². The molecule has 0 spiro atoms. The number of ether oxygens (including phenoxy) is 6. The Labute approximate surface area is 299 Å². The van der Waals surface area contributed by atoms with Crippen molar-refractivity contribution < 1.29 is 57.8 Å². The van der Waals surface area contributed by atoms with Crippen molar-refractivity contribution in [1.82, 2.24) is 0 Å². The Bertz CT molecular complexity index is 1010. The van der Waals surface area contributed by atoms with Gasteiger partial charge in [-0.15, -0.1) is 12.3 Å². The third kappa shape index (κ3) is 21.9. The number of carbonyl (C=O) groups excluding carboxylic acids is 2. The van der Waals surface area contributed by atoms with Crippen LogP contribution in [0.1, 0.15) is 106 Å². The van der Waals surface area contributed by atoms with Gasteiger partial charge in [0.1, 0.15) is 13.2 Å². The molecule has 2 saturated heterocycles. The molecule has 13 heteroatoms. The highest BCUT2D eigenvalue weighted by Crippen LogP contribution is 2.25. The third-order valence-electron chi connectivity index (χ3n) is 7.37. The van der Waals surface area contributed by atoms with E-state index in [4.69, 9.17) is 28.4 Å². The summed E-state index contributed by atoms with van der Waals surface area (Å²) in [7, 11) is 1.50. The van der Waals surface area contributed by atoms with E-state index in [1.807, 2.05) is 19.9 Å². The topological polar surface area (TPSA) is 190 Å². The van der Waals surface area contributed by atoms with Crippen LogP contribution in [0.5, 0.6) is 0 Å². The Kier molecular flexibility index (Phi) is 29.1. The zero-order valence-corrected chi connectivity index (χ0v) is 31.6. The molecule has 0 aromatic rings. The lowest BCUT2D eigenvalue weighted by atomic mass is 10.1. The molecule has 4 N–H and O–H groups in total. The van der Waals surface area contributed by atoms with Crippen molar-refractivity contribution in [3.05, 3.63) is 31.0 Å². The quantitative estimate of drug-likeness (QED) is 0.0847. The van der Waals surface area contributed by atoms with Crippen molar-refractivity contribution in [1.29, 1.82) is 0 Å². The SMILES string of the molecule is C=C=CCC=C.CC.CC(CCC(=O)OCC1CCCC(OC(C(=O)O)C(C)C)O1)C(=O)OCC1CCCC(OC(C(=O)O)C(C)C)O1.CN. The van der Waals surface area contributed by atoms with Crippen molar-refractivity contribution in [2.75, 3.05) is 20.3 Å². The Hall–Kier alpha value is -3.06. The molecule has 2 aliphatic heterocycles. The zero-order valence-electron chi connectivity index (χ0n) is 31.6. The van der Waals surface area contributed by atoms with E-state index in [1.54, 1.807) is 40.7 Å². The van der Waals surface area contributed by atoms with Crippen LogP contribution in [0.4, 0.5) is 0 Å². The fraction of sp³-hybridized carbons (Fsp3) is 0.757. The Morgan fingerprint density at radius 3 is 1.62 bits per heavy atom. The van der Waals surface area contributed by atoms with Gasteiger partial charge in [-0.1, -0.05) is 61.1 Å². The summed E-state index contributed by atoms with van der Waals surface area (Å²) in [6.45, 7) is 19.6. The maximum Gasteiger partial charge on any atom is 0.333 e. The first kappa shape index (κ1) is 49.1. The van der Waals surface area contributed by atoms with Gasteiger partial charge in [-0.25, -0.2) is 9.59 Å². The molecule has 0 radical (unpaired) electrons. The number of nitrogens with two attached hydrogens (primary N) is 1. The first-order chi connectivity index (χ1) is 23.8. The molecular weight excluding hydrogens is 650 g/mol. The van der Waals surface area contributed by atoms with Gasteiger partial charge in [0.25, 0.3) is 0 Å². The maximum absolute atomic E-state index is 12.4. The minimum Gasteiger partial charge on any atom is -0.479 e. The molecule has 7 unspecified atom stereocenters. The number of allylic oxidation sites excluding steroid dienone is 2. The number of hydrogen-bond donors (Lipinski definition) is 3. The maximum atomic E-state index is 12.4. The van der Waals surface area contributed by atoms with E-state index in [-0.39, 0.29) is 44.0 Å². The summed E-state index contributed by atoms with van der Waals surface area (Å²) in [4.78, 5) is 47.5. The molecule has 50 heavy (non-hydrogen) atoms. The van der Waals surface area contributed by atoms with Crippen LogP contribution in [-0.4, -0.2) is 91.3 Å². The van der Waals surface area contributed by atoms with E-state index < -0.39 is 60.7 Å². The van der Waals surface area contributed by atoms with Crippen molar-refractivity contribution in [3.8, 4) is 0 Å². The molecule has 0 amide bonds. The van der Waals surface area contributed by atoms with Crippen molar-refractivity contribution in [2.45, 2.75) is 143 Å². The second kappa shape index (κ2) is 29.6. The van der Waals surface area contributed by atoms with Crippen LogP contribution in [0.2, 0.25) is 0 Å². The molecule has 0 aromatic carbocycles. The van der Waals surface area contributed by atoms with Crippen LogP contribution in [0, 0.1) is 17.8 Å². The molecule has 0 aliphatic carbocycles. The number of esters is 2. The molecule has 0 bridgehead atoms. The van der Waals surface area contributed by atoms with E-state index in [0.29, 0.717) is 25.7 Å². The fourth-order valence-corrected chi connectivity index (χ4v) is 4.69. The van der Waals surface area contributed by atoms with Crippen molar-refractivity contribution in [2.24, 2.45) is 23.5 Å². The number of rotatable bonds is 18. The molecule has 0 saturated carbocycles. The molecule has 2 rings (SSSR count). The minimum absolute atomic E-state index is 0.0225. The van der Waals surface area contributed by atoms with E-state index in [0.717, 1.165) is 19.3 Å². The Balaban J connectivity index is 0. The summed E-state index contributed by atoms with van der Waals surface area (Å²) in [6.07, 6.45) is 4.71. The molecule has 7 atom stereocenters. The van der Waals surface area contributed by atoms with E-state index in [9.17, 15) is 29.4 Å². The summed E-state index contributed by atoms with van der Waals surface area (Å²) in [6, 6.07) is 0. The average molecular weight is 716 g/mol. The minimum atomic E-state index is -1.04. The van der Waals surface area contributed by atoms with Gasteiger partial charge in [-0.2, -0.15) is 0 Å². The fourth-order valence-electron chi connectivity index (χ4n) is 4.69. The molecule has 2 fully saturated rings. The van der Waals surface area contributed by atoms with E-state index in [2.05, 4.69) is 24.6 Å². The van der Waals surface area contributed by atoms with Crippen LogP contribution in [0.25, 0.3) is 0 Å². The second-order valence-electron chi connectivity index (χ2n) is 12.2. The molecule has 0 aromatic heterocycles. The van der Waals surface area contributed by atoms with Crippen LogP contribution in [-0.2, 0) is 47.6 Å². The van der Waals surface area contributed by atoms with Crippen LogP contribution in [0.3, 0.4) is 0 Å². The molecule has 290 valence electrons. The Morgan fingerprint density at radius 1 is 0.820 bits per heavy atom. The highest BCUT2D eigenvalue weighted by atomic mass is 16.7. The monoisotopic (exact) mass is 715 g/mol. The summed E-state index contributed by atoms with van der Waals surface area (Å²) in [5, 5.41) is 18.6. The van der Waals surface area contributed by atoms with E-state index in [1.165, 1.54) is 7.05 Å². The summed E-state index contributed by atoms with van der Waals surface area (Å²) >= 11 is 0. The highest BCUT2D eigenvalue weighted by molar-refractivity contribution is 5.74. The molecule has 13 nitrogen and oxygen atoms in total. The lowest BCUT2D eigenvalue weighted by molar-refractivity contribution is -0.233. The molecule has 2 aliphatic rings. The van der Waals surface area contributed by atoms with E-state index >= 15 is 0 Å². The second-order valence-corrected chi connectivity index (χ2v) is 12.2. The average Bonchev–Trinajstić information content (AvgIpc) is 3.10. The third-order valence-corrected chi connectivity index (χ3v) is 7.37. The normalized spacial score (nSPS) is 21.5. The number of carbonyl (C=O) groups is 4. The Morgan fingerprint density at radius 2 is 1.26 bits per heavy atom. The highest BCUT2D eigenvalue weighted by Gasteiger charge is 2.32. The van der Waals surface area contributed by atoms with Crippen LogP contribution < -0.4 is 5.73 Å². The summed E-state index contributed by atoms with van der Waals surface area (Å²) < 4.78 is 33.5. The predicted molar refractivity (Wildman–Crippen MR) is 190 cm³/mol. The van der Waals surface area contributed by atoms with Gasteiger partial charge in [0.05, 0.1) is 18.1 Å². The van der Waals surface area contributed by atoms with Crippen LogP contribution in [0.15, 0.2) is 31.0 Å². The first-order valence-corrected chi connectivity index (χ1v) is 17.7. The number of carboxylic acid groups (broad SMARTS) is 2. The summed E-state index contributed by atoms with van der Waals surface area (Å²) in [5.41, 5.74) is 7.12. The smallest absolute Gasteiger partial charge is 0.333 e. The lowest BCUT2D eigenvalue weighted by Crippen LogP contribution is -2.40. The zero-order chi connectivity index (χ0) is 38.6. The summed E-state index contributed by atoms with van der Waals surface area (Å²) in [5.74, 6) is -3.97.